The van der Waals surface area contributed by atoms with Crippen LogP contribution in [0.25, 0.3) is 0 Å². The highest BCUT2D eigenvalue weighted by molar-refractivity contribution is 5.24. The summed E-state index contributed by atoms with van der Waals surface area (Å²) in [7, 11) is 0. The number of aliphatic hydroxyl groups is 1. The number of aliphatic hydroxyl groups excluding tert-OH is 1. The number of benzene rings is 1. The summed E-state index contributed by atoms with van der Waals surface area (Å²) in [5.74, 6) is 1.11. The molecule has 0 radical (unpaired) electrons. The van der Waals surface area contributed by atoms with E-state index >= 15 is 0 Å². The summed E-state index contributed by atoms with van der Waals surface area (Å²) in [4.78, 5) is 2.50. The SMILES string of the molecule is CC(C)c1ccc(CN2CCC(C(C)O)CC2)cc1. The Bertz CT molecular complexity index is 375. The van der Waals surface area contributed by atoms with Crippen LogP contribution >= 0.6 is 0 Å². The first-order valence-electron chi connectivity index (χ1n) is 7.55. The number of hydrogen-bond donors (Lipinski definition) is 1. The fourth-order valence-electron chi connectivity index (χ4n) is 2.86. The van der Waals surface area contributed by atoms with Crippen molar-refractivity contribution in [3.05, 3.63) is 35.4 Å². The van der Waals surface area contributed by atoms with E-state index in [1.165, 1.54) is 11.1 Å². The molecule has 1 aliphatic rings. The van der Waals surface area contributed by atoms with E-state index < -0.39 is 0 Å². The van der Waals surface area contributed by atoms with Crippen molar-refractivity contribution in [2.75, 3.05) is 13.1 Å². The van der Waals surface area contributed by atoms with E-state index in [9.17, 15) is 5.11 Å². The maximum atomic E-state index is 9.62. The zero-order chi connectivity index (χ0) is 13.8. The van der Waals surface area contributed by atoms with Crippen molar-refractivity contribution in [2.45, 2.75) is 52.2 Å². The lowest BCUT2D eigenvalue weighted by Crippen LogP contribution is -2.36. The Hall–Kier alpha value is -0.860. The molecule has 0 saturated carbocycles. The second-order valence-electron chi connectivity index (χ2n) is 6.25. The Morgan fingerprint density at radius 2 is 1.68 bits per heavy atom. The van der Waals surface area contributed by atoms with Gasteiger partial charge in [-0.3, -0.25) is 4.90 Å². The third-order valence-corrected chi connectivity index (χ3v) is 4.37. The van der Waals surface area contributed by atoms with E-state index in [1.54, 1.807) is 0 Å². The summed E-state index contributed by atoms with van der Waals surface area (Å²) in [6.07, 6.45) is 2.11. The topological polar surface area (TPSA) is 23.5 Å². The molecule has 1 N–H and O–H groups in total. The van der Waals surface area contributed by atoms with Crippen molar-refractivity contribution < 1.29 is 5.11 Å². The molecule has 1 aromatic rings. The van der Waals surface area contributed by atoms with Gasteiger partial charge < -0.3 is 5.11 Å². The Morgan fingerprint density at radius 3 is 2.16 bits per heavy atom. The van der Waals surface area contributed by atoms with Crippen LogP contribution < -0.4 is 0 Å². The lowest BCUT2D eigenvalue weighted by Gasteiger charge is -2.33. The Labute approximate surface area is 117 Å². The fraction of sp³-hybridized carbons (Fsp3) is 0.647. The summed E-state index contributed by atoms with van der Waals surface area (Å²) >= 11 is 0. The normalized spacial score (nSPS) is 19.8. The second kappa shape index (κ2) is 6.53. The highest BCUT2D eigenvalue weighted by Gasteiger charge is 2.22. The van der Waals surface area contributed by atoms with Crippen LogP contribution in [-0.2, 0) is 6.54 Å². The maximum Gasteiger partial charge on any atom is 0.0541 e. The molecule has 0 bridgehead atoms. The summed E-state index contributed by atoms with van der Waals surface area (Å²) in [5.41, 5.74) is 2.82. The molecule has 1 atom stereocenters. The summed E-state index contributed by atoms with van der Waals surface area (Å²) in [5, 5.41) is 9.62. The molecule has 1 saturated heterocycles. The minimum absolute atomic E-state index is 0.146. The van der Waals surface area contributed by atoms with E-state index in [-0.39, 0.29) is 6.10 Å². The van der Waals surface area contributed by atoms with Crippen LogP contribution in [0.4, 0.5) is 0 Å². The Morgan fingerprint density at radius 1 is 1.11 bits per heavy atom. The minimum Gasteiger partial charge on any atom is -0.393 e. The number of nitrogens with zero attached hydrogens (tertiary/aromatic N) is 1. The number of likely N-dealkylation sites (tertiary alicyclic amines) is 1. The zero-order valence-electron chi connectivity index (χ0n) is 12.5. The number of piperidine rings is 1. The molecule has 1 fully saturated rings. The molecule has 1 aromatic carbocycles. The molecule has 0 amide bonds. The average Bonchev–Trinajstić information content (AvgIpc) is 2.40. The van der Waals surface area contributed by atoms with Crippen LogP contribution in [-0.4, -0.2) is 29.2 Å². The third kappa shape index (κ3) is 4.05. The summed E-state index contributed by atoms with van der Waals surface area (Å²) in [6, 6.07) is 9.03. The fourth-order valence-corrected chi connectivity index (χ4v) is 2.86. The summed E-state index contributed by atoms with van der Waals surface area (Å²) < 4.78 is 0. The molecule has 0 aliphatic carbocycles. The van der Waals surface area contributed by atoms with Crippen molar-refractivity contribution in [1.82, 2.24) is 4.90 Å². The van der Waals surface area contributed by atoms with Gasteiger partial charge in [-0.2, -0.15) is 0 Å². The largest absolute Gasteiger partial charge is 0.393 e. The van der Waals surface area contributed by atoms with Gasteiger partial charge in [0.2, 0.25) is 0 Å². The maximum absolute atomic E-state index is 9.62. The Kier molecular flexibility index (Phi) is 5.00. The molecule has 2 nitrogen and oxygen atoms in total. The van der Waals surface area contributed by atoms with Gasteiger partial charge in [0.25, 0.3) is 0 Å². The molecule has 2 rings (SSSR count). The van der Waals surface area contributed by atoms with Gasteiger partial charge in [0.15, 0.2) is 0 Å². The van der Waals surface area contributed by atoms with E-state index in [0.29, 0.717) is 11.8 Å². The average molecular weight is 261 g/mol. The summed E-state index contributed by atoms with van der Waals surface area (Å²) in [6.45, 7) is 9.66. The number of hydrogen-bond acceptors (Lipinski definition) is 2. The molecule has 0 spiro atoms. The van der Waals surface area contributed by atoms with Crippen molar-refractivity contribution in [1.29, 1.82) is 0 Å². The lowest BCUT2D eigenvalue weighted by atomic mass is 9.92. The van der Waals surface area contributed by atoms with Crippen LogP contribution in [0.3, 0.4) is 0 Å². The third-order valence-electron chi connectivity index (χ3n) is 4.37. The molecule has 1 unspecified atom stereocenters. The molecule has 19 heavy (non-hydrogen) atoms. The first-order valence-corrected chi connectivity index (χ1v) is 7.55. The minimum atomic E-state index is -0.146. The van der Waals surface area contributed by atoms with Gasteiger partial charge >= 0.3 is 0 Å². The second-order valence-corrected chi connectivity index (χ2v) is 6.25. The van der Waals surface area contributed by atoms with Crippen LogP contribution in [0, 0.1) is 5.92 Å². The van der Waals surface area contributed by atoms with Gasteiger partial charge in [-0.15, -0.1) is 0 Å². The predicted octanol–water partition coefficient (Wildman–Crippen LogP) is 3.40. The first-order chi connectivity index (χ1) is 9.06. The molecule has 0 aromatic heterocycles. The molecule has 106 valence electrons. The van der Waals surface area contributed by atoms with Gasteiger partial charge in [0, 0.05) is 6.54 Å². The van der Waals surface area contributed by atoms with Crippen molar-refractivity contribution >= 4 is 0 Å². The van der Waals surface area contributed by atoms with Gasteiger partial charge in [-0.25, -0.2) is 0 Å². The van der Waals surface area contributed by atoms with Crippen molar-refractivity contribution in [3.63, 3.8) is 0 Å². The predicted molar refractivity (Wildman–Crippen MR) is 80.2 cm³/mol. The van der Waals surface area contributed by atoms with Crippen LogP contribution in [0.5, 0.6) is 0 Å². The van der Waals surface area contributed by atoms with E-state index in [2.05, 4.69) is 43.0 Å². The molecule has 1 heterocycles. The van der Waals surface area contributed by atoms with Crippen molar-refractivity contribution in [3.8, 4) is 0 Å². The molecule has 1 aliphatic heterocycles. The monoisotopic (exact) mass is 261 g/mol. The van der Waals surface area contributed by atoms with Gasteiger partial charge in [-0.1, -0.05) is 38.1 Å². The molecule has 2 heteroatoms. The van der Waals surface area contributed by atoms with E-state index in [4.69, 9.17) is 0 Å². The Balaban J connectivity index is 1.85. The quantitative estimate of drug-likeness (QED) is 0.898. The van der Waals surface area contributed by atoms with Crippen molar-refractivity contribution in [2.24, 2.45) is 5.92 Å². The van der Waals surface area contributed by atoms with E-state index in [1.807, 2.05) is 6.92 Å². The van der Waals surface area contributed by atoms with Crippen LogP contribution in [0.1, 0.15) is 50.7 Å². The van der Waals surface area contributed by atoms with Gasteiger partial charge in [0.05, 0.1) is 6.10 Å². The first kappa shape index (κ1) is 14.5. The highest BCUT2D eigenvalue weighted by Crippen LogP contribution is 2.22. The van der Waals surface area contributed by atoms with Gasteiger partial charge in [-0.05, 0) is 55.8 Å². The van der Waals surface area contributed by atoms with Crippen LogP contribution in [0.2, 0.25) is 0 Å². The van der Waals surface area contributed by atoms with E-state index in [0.717, 1.165) is 32.5 Å². The standard InChI is InChI=1S/C17H27NO/c1-13(2)16-6-4-15(5-7-16)12-18-10-8-17(9-11-18)14(3)19/h4-7,13-14,17,19H,8-12H2,1-3H3. The lowest BCUT2D eigenvalue weighted by molar-refractivity contribution is 0.0695. The van der Waals surface area contributed by atoms with Crippen LogP contribution in [0.15, 0.2) is 24.3 Å². The molecular formula is C17H27NO. The zero-order valence-corrected chi connectivity index (χ0v) is 12.5. The smallest absolute Gasteiger partial charge is 0.0541 e. The number of rotatable bonds is 4. The van der Waals surface area contributed by atoms with Gasteiger partial charge in [0.1, 0.15) is 0 Å². The highest BCUT2D eigenvalue weighted by atomic mass is 16.3. The molecular weight excluding hydrogens is 234 g/mol.